The number of hydrogen-bond acceptors (Lipinski definition) is 2. The first-order valence-corrected chi connectivity index (χ1v) is 6.69. The molecule has 1 N–H and O–H groups in total. The van der Waals surface area contributed by atoms with Gasteiger partial charge in [0.25, 0.3) is 0 Å². The van der Waals surface area contributed by atoms with Gasteiger partial charge in [0, 0.05) is 22.5 Å². The molecule has 0 bridgehead atoms. The number of nitrogens with one attached hydrogen (secondary N) is 1. The molecule has 0 spiro atoms. The van der Waals surface area contributed by atoms with Crippen molar-refractivity contribution in [2.45, 2.75) is 32.7 Å². The van der Waals surface area contributed by atoms with Gasteiger partial charge in [-0.1, -0.05) is 17.7 Å². The van der Waals surface area contributed by atoms with Crippen molar-refractivity contribution in [1.29, 1.82) is 0 Å². The van der Waals surface area contributed by atoms with Gasteiger partial charge >= 0.3 is 0 Å². The van der Waals surface area contributed by atoms with E-state index in [1.54, 1.807) is 12.1 Å². The van der Waals surface area contributed by atoms with Gasteiger partial charge in [0.2, 0.25) is 0 Å². The number of H-pyrrole nitrogens is 1. The van der Waals surface area contributed by atoms with Crippen molar-refractivity contribution in [3.63, 3.8) is 0 Å². The third-order valence-corrected chi connectivity index (χ3v) is 3.44. The van der Waals surface area contributed by atoms with Crippen LogP contribution in [-0.2, 0) is 12.0 Å². The smallest absolute Gasteiger partial charge is 0.195 e. The summed E-state index contributed by atoms with van der Waals surface area (Å²) >= 11 is 11.3. The Morgan fingerprint density at radius 2 is 2.11 bits per heavy atom. The maximum Gasteiger partial charge on any atom is 0.195 e. The zero-order valence-corrected chi connectivity index (χ0v) is 12.6. The molecule has 0 aliphatic heterocycles. The second-order valence-corrected chi connectivity index (χ2v) is 6.12. The van der Waals surface area contributed by atoms with Gasteiger partial charge in [0.1, 0.15) is 11.6 Å². The topological polar surface area (TPSA) is 33.6 Å². The van der Waals surface area contributed by atoms with E-state index in [0.29, 0.717) is 27.6 Å². The van der Waals surface area contributed by atoms with E-state index in [1.807, 2.05) is 25.3 Å². The molecule has 2 rings (SSSR count). The summed E-state index contributed by atoms with van der Waals surface area (Å²) in [4.78, 5) is 0. The molecule has 0 aliphatic rings. The number of hydrogen-bond donors (Lipinski definition) is 1. The number of halogens is 2. The maximum atomic E-state index is 13.8. The molecule has 1 aromatic heterocycles. The predicted molar refractivity (Wildman–Crippen MR) is 76.6 cm³/mol. The van der Waals surface area contributed by atoms with Gasteiger partial charge in [-0.25, -0.2) is 4.39 Å². The summed E-state index contributed by atoms with van der Waals surface area (Å²) in [5.41, 5.74) is 0.209. The Balaban J connectivity index is 2.49. The van der Waals surface area contributed by atoms with Crippen LogP contribution < -0.4 is 0 Å². The van der Waals surface area contributed by atoms with E-state index in [2.05, 4.69) is 10.2 Å². The molecule has 2 aromatic rings. The van der Waals surface area contributed by atoms with Gasteiger partial charge in [0.15, 0.2) is 4.77 Å². The van der Waals surface area contributed by atoms with E-state index in [-0.39, 0.29) is 11.4 Å². The summed E-state index contributed by atoms with van der Waals surface area (Å²) in [6, 6.07) is 4.65. The van der Waals surface area contributed by atoms with Crippen molar-refractivity contribution in [3.05, 3.63) is 45.2 Å². The molecule has 0 amide bonds. The molecular formula is C13H15ClFN3S. The van der Waals surface area contributed by atoms with Gasteiger partial charge in [-0.3, -0.25) is 9.67 Å². The normalized spacial score (nSPS) is 11.8. The summed E-state index contributed by atoms with van der Waals surface area (Å²) in [5.74, 6) is 0.339. The summed E-state index contributed by atoms with van der Waals surface area (Å²) in [6.07, 6.45) is 0.302. The lowest BCUT2D eigenvalue weighted by Gasteiger charge is -2.22. The summed E-state index contributed by atoms with van der Waals surface area (Å²) < 4.78 is 16.2. The average Bonchev–Trinajstić information content (AvgIpc) is 2.65. The second-order valence-electron chi connectivity index (χ2n) is 5.33. The summed E-state index contributed by atoms with van der Waals surface area (Å²) in [6.45, 7) is 6.06. The van der Waals surface area contributed by atoms with Crippen molar-refractivity contribution >= 4 is 23.8 Å². The Morgan fingerprint density at radius 1 is 1.42 bits per heavy atom. The molecule has 0 fully saturated rings. The van der Waals surface area contributed by atoms with Crippen LogP contribution in [0.2, 0.25) is 5.02 Å². The van der Waals surface area contributed by atoms with Crippen LogP contribution in [0.5, 0.6) is 0 Å². The van der Waals surface area contributed by atoms with Crippen molar-refractivity contribution in [2.75, 3.05) is 0 Å². The van der Waals surface area contributed by atoms with Gasteiger partial charge < -0.3 is 0 Å². The number of aromatic nitrogens is 3. The lowest BCUT2D eigenvalue weighted by atomic mass is 10.1. The number of aromatic amines is 1. The van der Waals surface area contributed by atoms with Gasteiger partial charge in [-0.2, -0.15) is 5.10 Å². The minimum Gasteiger partial charge on any atom is -0.298 e. The Labute approximate surface area is 121 Å². The van der Waals surface area contributed by atoms with Crippen LogP contribution in [0, 0.1) is 10.6 Å². The van der Waals surface area contributed by atoms with Crippen LogP contribution in [-0.4, -0.2) is 14.8 Å². The largest absolute Gasteiger partial charge is 0.298 e. The Bertz CT molecular complexity index is 634. The third kappa shape index (κ3) is 2.87. The molecule has 0 saturated heterocycles. The van der Waals surface area contributed by atoms with E-state index in [9.17, 15) is 4.39 Å². The van der Waals surface area contributed by atoms with E-state index < -0.39 is 0 Å². The highest BCUT2D eigenvalue weighted by atomic mass is 35.5. The second kappa shape index (κ2) is 5.06. The minimum absolute atomic E-state index is 0.225. The van der Waals surface area contributed by atoms with Gasteiger partial charge in [0.05, 0.1) is 0 Å². The van der Waals surface area contributed by atoms with Crippen LogP contribution in [0.15, 0.2) is 18.2 Å². The number of nitrogens with zero attached hydrogens (tertiary/aromatic N) is 2. The maximum absolute atomic E-state index is 13.8. The lowest BCUT2D eigenvalue weighted by molar-refractivity contribution is 0.379. The molecule has 3 nitrogen and oxygen atoms in total. The Morgan fingerprint density at radius 3 is 2.68 bits per heavy atom. The van der Waals surface area contributed by atoms with Crippen LogP contribution in [0.3, 0.4) is 0 Å². The molecular weight excluding hydrogens is 285 g/mol. The molecule has 0 atom stereocenters. The average molecular weight is 300 g/mol. The zero-order chi connectivity index (χ0) is 14.2. The highest BCUT2D eigenvalue weighted by Crippen LogP contribution is 2.24. The third-order valence-electron chi connectivity index (χ3n) is 2.81. The van der Waals surface area contributed by atoms with Crippen molar-refractivity contribution in [1.82, 2.24) is 14.8 Å². The van der Waals surface area contributed by atoms with Crippen LogP contribution in [0.1, 0.15) is 32.2 Å². The first-order chi connectivity index (χ1) is 8.80. The molecule has 0 aliphatic carbocycles. The number of benzene rings is 1. The van der Waals surface area contributed by atoms with Crippen molar-refractivity contribution in [2.24, 2.45) is 0 Å². The van der Waals surface area contributed by atoms with Crippen LogP contribution in [0.4, 0.5) is 4.39 Å². The summed E-state index contributed by atoms with van der Waals surface area (Å²) in [5, 5.41) is 7.33. The number of rotatable bonds is 2. The quantitative estimate of drug-likeness (QED) is 0.848. The molecule has 6 heteroatoms. The molecule has 1 heterocycles. The van der Waals surface area contributed by atoms with E-state index in [0.717, 1.165) is 0 Å². The first kappa shape index (κ1) is 14.2. The van der Waals surface area contributed by atoms with E-state index in [4.69, 9.17) is 23.8 Å². The fourth-order valence-corrected chi connectivity index (χ4v) is 2.65. The SMILES string of the molecule is CC(C)(C)n1c(Cc2c(F)cccc2Cl)n[nH]c1=S. The Kier molecular flexibility index (Phi) is 3.78. The molecule has 1 aromatic carbocycles. The zero-order valence-electron chi connectivity index (χ0n) is 11.0. The van der Waals surface area contributed by atoms with Crippen LogP contribution in [0.25, 0.3) is 0 Å². The Hall–Kier alpha value is -1.20. The standard InChI is InChI=1S/C13H15ClFN3S/c1-13(2,3)18-11(16-17-12(18)19)7-8-9(14)5-4-6-10(8)15/h4-6H,7H2,1-3H3,(H,17,19). The molecule has 0 radical (unpaired) electrons. The van der Waals surface area contributed by atoms with Gasteiger partial charge in [-0.15, -0.1) is 0 Å². The van der Waals surface area contributed by atoms with Crippen molar-refractivity contribution < 1.29 is 4.39 Å². The fraction of sp³-hybridized carbons (Fsp3) is 0.385. The lowest BCUT2D eigenvalue weighted by Crippen LogP contribution is -2.24. The monoisotopic (exact) mass is 299 g/mol. The molecule has 0 unspecified atom stereocenters. The highest BCUT2D eigenvalue weighted by Gasteiger charge is 2.21. The molecule has 0 saturated carbocycles. The summed E-state index contributed by atoms with van der Waals surface area (Å²) in [7, 11) is 0. The van der Waals surface area contributed by atoms with E-state index >= 15 is 0 Å². The fourth-order valence-electron chi connectivity index (χ4n) is 2.00. The van der Waals surface area contributed by atoms with Crippen LogP contribution >= 0.6 is 23.8 Å². The molecule has 19 heavy (non-hydrogen) atoms. The first-order valence-electron chi connectivity index (χ1n) is 5.90. The van der Waals surface area contributed by atoms with Gasteiger partial charge in [-0.05, 0) is 45.1 Å². The molecule has 102 valence electrons. The minimum atomic E-state index is -0.332. The van der Waals surface area contributed by atoms with Crippen molar-refractivity contribution in [3.8, 4) is 0 Å². The van der Waals surface area contributed by atoms with E-state index in [1.165, 1.54) is 6.07 Å². The predicted octanol–water partition coefficient (Wildman–Crippen LogP) is 4.08. The highest BCUT2D eigenvalue weighted by molar-refractivity contribution is 7.71.